The molecular weight excluding hydrogens is 258 g/mol. The minimum absolute atomic E-state index is 0.0825. The summed E-state index contributed by atoms with van der Waals surface area (Å²) in [4.78, 5) is 24.0. The van der Waals surface area contributed by atoms with Crippen molar-refractivity contribution >= 4 is 11.9 Å². The average molecular weight is 277 g/mol. The molecule has 3 unspecified atom stereocenters. The summed E-state index contributed by atoms with van der Waals surface area (Å²) in [6.07, 6.45) is 1.13. The van der Waals surface area contributed by atoms with Gasteiger partial charge in [-0.25, -0.2) is 4.79 Å². The fourth-order valence-corrected chi connectivity index (χ4v) is 2.27. The van der Waals surface area contributed by atoms with Gasteiger partial charge in [0.1, 0.15) is 6.10 Å². The summed E-state index contributed by atoms with van der Waals surface area (Å²) in [5, 5.41) is 2.71. The molecule has 0 radical (unpaired) electrons. The van der Waals surface area contributed by atoms with Crippen LogP contribution in [0.5, 0.6) is 0 Å². The summed E-state index contributed by atoms with van der Waals surface area (Å²) in [5.41, 5.74) is 0.693. The molecule has 1 fully saturated rings. The second kappa shape index (κ2) is 6.52. The zero-order valence-electron chi connectivity index (χ0n) is 11.7. The van der Waals surface area contributed by atoms with Crippen molar-refractivity contribution in [2.75, 3.05) is 7.11 Å². The lowest BCUT2D eigenvalue weighted by Crippen LogP contribution is -2.40. The van der Waals surface area contributed by atoms with E-state index in [1.54, 1.807) is 12.1 Å². The molecule has 1 N–H and O–H groups in total. The number of methoxy groups -OCH3 is 1. The Labute approximate surface area is 118 Å². The van der Waals surface area contributed by atoms with Crippen molar-refractivity contribution in [3.05, 3.63) is 35.9 Å². The van der Waals surface area contributed by atoms with E-state index in [9.17, 15) is 9.59 Å². The number of hydrogen-bond acceptors (Lipinski definition) is 4. The van der Waals surface area contributed by atoms with Crippen molar-refractivity contribution in [2.45, 2.75) is 38.0 Å². The minimum atomic E-state index is -0.798. The van der Waals surface area contributed by atoms with Crippen LogP contribution in [0.4, 0.5) is 0 Å². The lowest BCUT2D eigenvalue weighted by atomic mass is 10.1. The molecule has 1 aromatic rings. The van der Waals surface area contributed by atoms with Crippen LogP contribution in [0, 0.1) is 0 Å². The molecule has 108 valence electrons. The quantitative estimate of drug-likeness (QED) is 0.849. The Morgan fingerprint density at radius 3 is 2.55 bits per heavy atom. The van der Waals surface area contributed by atoms with Crippen LogP contribution in [-0.4, -0.2) is 31.2 Å². The van der Waals surface area contributed by atoms with E-state index in [0.29, 0.717) is 12.0 Å². The van der Waals surface area contributed by atoms with Gasteiger partial charge in [-0.2, -0.15) is 0 Å². The van der Waals surface area contributed by atoms with E-state index in [1.807, 2.05) is 25.1 Å². The van der Waals surface area contributed by atoms with E-state index in [1.165, 1.54) is 7.11 Å². The molecule has 1 amide bonds. The SMILES string of the molecule is COC(=O)C(NC(=O)C1CCC(C)O1)c1ccccc1. The maximum Gasteiger partial charge on any atom is 0.333 e. The third-order valence-electron chi connectivity index (χ3n) is 3.38. The van der Waals surface area contributed by atoms with Crippen molar-refractivity contribution in [2.24, 2.45) is 0 Å². The van der Waals surface area contributed by atoms with E-state index >= 15 is 0 Å². The van der Waals surface area contributed by atoms with E-state index < -0.39 is 18.1 Å². The van der Waals surface area contributed by atoms with E-state index in [-0.39, 0.29) is 12.0 Å². The first kappa shape index (κ1) is 14.5. The Kier molecular flexibility index (Phi) is 4.74. The summed E-state index contributed by atoms with van der Waals surface area (Å²) in [5.74, 6) is -0.760. The van der Waals surface area contributed by atoms with Crippen LogP contribution in [0.15, 0.2) is 30.3 Å². The molecule has 1 aromatic carbocycles. The standard InChI is InChI=1S/C15H19NO4/c1-10-8-9-12(20-10)14(17)16-13(15(18)19-2)11-6-4-3-5-7-11/h3-7,10,12-13H,8-9H2,1-2H3,(H,16,17). The second-order valence-electron chi connectivity index (χ2n) is 4.89. The van der Waals surface area contributed by atoms with Gasteiger partial charge in [-0.3, -0.25) is 4.79 Å². The van der Waals surface area contributed by atoms with Crippen LogP contribution >= 0.6 is 0 Å². The van der Waals surface area contributed by atoms with Gasteiger partial charge in [-0.1, -0.05) is 30.3 Å². The molecule has 0 saturated carbocycles. The van der Waals surface area contributed by atoms with Gasteiger partial charge in [-0.05, 0) is 25.3 Å². The molecule has 2 rings (SSSR count). The lowest BCUT2D eigenvalue weighted by Gasteiger charge is -2.19. The van der Waals surface area contributed by atoms with Gasteiger partial charge in [0.2, 0.25) is 5.91 Å². The molecule has 0 aromatic heterocycles. The maximum absolute atomic E-state index is 12.2. The Balaban J connectivity index is 2.09. The van der Waals surface area contributed by atoms with Crippen LogP contribution in [0.3, 0.4) is 0 Å². The molecule has 1 aliphatic rings. The molecule has 1 saturated heterocycles. The van der Waals surface area contributed by atoms with Gasteiger partial charge in [0.15, 0.2) is 6.04 Å². The van der Waals surface area contributed by atoms with E-state index in [2.05, 4.69) is 5.32 Å². The number of ether oxygens (including phenoxy) is 2. The van der Waals surface area contributed by atoms with Crippen molar-refractivity contribution in [1.82, 2.24) is 5.32 Å². The fourth-order valence-electron chi connectivity index (χ4n) is 2.27. The number of benzene rings is 1. The highest BCUT2D eigenvalue weighted by molar-refractivity contribution is 5.87. The number of amides is 1. The monoisotopic (exact) mass is 277 g/mol. The molecule has 0 spiro atoms. The van der Waals surface area contributed by atoms with Crippen LogP contribution in [0.2, 0.25) is 0 Å². The smallest absolute Gasteiger partial charge is 0.333 e. The van der Waals surface area contributed by atoms with Gasteiger partial charge >= 0.3 is 5.97 Å². The van der Waals surface area contributed by atoms with Crippen molar-refractivity contribution in [1.29, 1.82) is 0 Å². The van der Waals surface area contributed by atoms with E-state index in [0.717, 1.165) is 6.42 Å². The van der Waals surface area contributed by atoms with Crippen LogP contribution in [0.25, 0.3) is 0 Å². The molecule has 1 aliphatic heterocycles. The highest BCUT2D eigenvalue weighted by Crippen LogP contribution is 2.21. The van der Waals surface area contributed by atoms with Gasteiger partial charge < -0.3 is 14.8 Å². The third-order valence-corrected chi connectivity index (χ3v) is 3.38. The molecule has 5 nitrogen and oxygen atoms in total. The van der Waals surface area contributed by atoms with Gasteiger partial charge in [0, 0.05) is 0 Å². The second-order valence-corrected chi connectivity index (χ2v) is 4.89. The Bertz CT molecular complexity index is 474. The average Bonchev–Trinajstić information content (AvgIpc) is 2.91. The van der Waals surface area contributed by atoms with E-state index in [4.69, 9.17) is 9.47 Å². The fraction of sp³-hybridized carbons (Fsp3) is 0.467. The zero-order valence-corrected chi connectivity index (χ0v) is 11.7. The zero-order chi connectivity index (χ0) is 14.5. The van der Waals surface area contributed by atoms with Crippen LogP contribution < -0.4 is 5.32 Å². The molecule has 1 heterocycles. The molecular formula is C15H19NO4. The molecule has 5 heteroatoms. The largest absolute Gasteiger partial charge is 0.467 e. The highest BCUT2D eigenvalue weighted by atomic mass is 16.5. The Hall–Kier alpha value is -1.88. The van der Waals surface area contributed by atoms with Crippen molar-refractivity contribution in [3.8, 4) is 0 Å². The predicted molar refractivity (Wildman–Crippen MR) is 72.9 cm³/mol. The summed E-state index contributed by atoms with van der Waals surface area (Å²) in [7, 11) is 1.30. The molecule has 20 heavy (non-hydrogen) atoms. The van der Waals surface area contributed by atoms with Gasteiger partial charge in [0.25, 0.3) is 0 Å². The van der Waals surface area contributed by atoms with Crippen LogP contribution in [-0.2, 0) is 19.1 Å². The minimum Gasteiger partial charge on any atom is -0.467 e. The van der Waals surface area contributed by atoms with Crippen molar-refractivity contribution in [3.63, 3.8) is 0 Å². The number of nitrogens with one attached hydrogen (secondary N) is 1. The highest BCUT2D eigenvalue weighted by Gasteiger charge is 2.32. The number of esters is 1. The van der Waals surface area contributed by atoms with Gasteiger partial charge in [-0.15, -0.1) is 0 Å². The number of carbonyl (C=O) groups is 2. The summed E-state index contributed by atoms with van der Waals surface area (Å²) >= 11 is 0. The molecule has 0 aliphatic carbocycles. The van der Waals surface area contributed by atoms with Crippen molar-refractivity contribution < 1.29 is 19.1 Å². The third kappa shape index (κ3) is 3.36. The topological polar surface area (TPSA) is 64.6 Å². The first-order valence-electron chi connectivity index (χ1n) is 6.70. The number of carbonyl (C=O) groups excluding carboxylic acids is 2. The number of rotatable bonds is 4. The predicted octanol–water partition coefficient (Wildman–Crippen LogP) is 1.58. The summed E-state index contributed by atoms with van der Waals surface area (Å²) < 4.78 is 10.3. The first-order valence-corrected chi connectivity index (χ1v) is 6.70. The lowest BCUT2D eigenvalue weighted by molar-refractivity contribution is -0.147. The summed E-state index contributed by atoms with van der Waals surface area (Å²) in [6, 6.07) is 8.23. The normalized spacial score (nSPS) is 23.1. The molecule has 0 bridgehead atoms. The Morgan fingerprint density at radius 2 is 2.00 bits per heavy atom. The van der Waals surface area contributed by atoms with Crippen LogP contribution in [0.1, 0.15) is 31.4 Å². The molecule has 3 atom stereocenters. The summed E-state index contributed by atoms with van der Waals surface area (Å²) in [6.45, 7) is 1.93. The maximum atomic E-state index is 12.2. The Morgan fingerprint density at radius 1 is 1.30 bits per heavy atom. The van der Waals surface area contributed by atoms with Gasteiger partial charge in [0.05, 0.1) is 13.2 Å². The number of hydrogen-bond donors (Lipinski definition) is 1. The first-order chi connectivity index (χ1) is 9.61.